The molecule has 6 heteroatoms. The monoisotopic (exact) mass is 396 g/mol. The molecule has 0 fully saturated rings. The highest BCUT2D eigenvalue weighted by Crippen LogP contribution is 2.34. The molecule has 1 heterocycles. The molecule has 28 heavy (non-hydrogen) atoms. The Morgan fingerprint density at radius 1 is 1.14 bits per heavy atom. The molecule has 3 aromatic rings. The van der Waals surface area contributed by atoms with Crippen molar-refractivity contribution in [3.63, 3.8) is 0 Å². The molecule has 1 amide bonds. The van der Waals surface area contributed by atoms with Crippen LogP contribution in [-0.4, -0.2) is 15.6 Å². The average molecular weight is 397 g/mol. The maximum atomic E-state index is 11.8. The number of nitrogens with zero attached hydrogens (tertiary/aromatic N) is 1. The van der Waals surface area contributed by atoms with Crippen molar-refractivity contribution in [2.24, 2.45) is 5.73 Å². The van der Waals surface area contributed by atoms with E-state index in [-0.39, 0.29) is 21.9 Å². The third-order valence-electron chi connectivity index (χ3n) is 4.86. The van der Waals surface area contributed by atoms with E-state index in [0.29, 0.717) is 18.5 Å². The Bertz CT molecular complexity index is 1100. The molecule has 0 aliphatic rings. The van der Waals surface area contributed by atoms with Gasteiger partial charge in [0.15, 0.2) is 0 Å². The summed E-state index contributed by atoms with van der Waals surface area (Å²) in [5, 5.41) is 10.2. The third-order valence-corrected chi connectivity index (χ3v) is 5.33. The summed E-state index contributed by atoms with van der Waals surface area (Å²) in [5.41, 5.74) is 9.85. The van der Waals surface area contributed by atoms with Gasteiger partial charge in [0.2, 0.25) is 0 Å². The molecule has 5 nitrogen and oxygen atoms in total. The molecule has 0 atom stereocenters. The first-order chi connectivity index (χ1) is 13.3. The maximum Gasteiger partial charge on any atom is 0.252 e. The van der Waals surface area contributed by atoms with Gasteiger partial charge in [-0.05, 0) is 60.2 Å². The number of halogens is 1. The lowest BCUT2D eigenvalue weighted by Gasteiger charge is -2.13. The number of nitrogens with two attached hydrogens (primary N) is 1. The minimum atomic E-state index is -0.720. The number of hydrogen-bond acceptors (Lipinski definition) is 3. The van der Waals surface area contributed by atoms with E-state index in [1.54, 1.807) is 23.6 Å². The lowest BCUT2D eigenvalue weighted by molar-refractivity contribution is 0.0997. The van der Waals surface area contributed by atoms with Crippen LogP contribution in [0.25, 0.3) is 11.1 Å². The van der Waals surface area contributed by atoms with Crippen molar-refractivity contribution in [3.8, 4) is 16.9 Å². The molecule has 0 bridgehead atoms. The van der Waals surface area contributed by atoms with E-state index in [1.807, 2.05) is 43.5 Å². The molecule has 144 valence electrons. The molecule has 0 spiro atoms. The number of phenols is 1. The highest BCUT2D eigenvalue weighted by atomic mass is 35.5. The fourth-order valence-corrected chi connectivity index (χ4v) is 3.37. The Balaban J connectivity index is 1.91. The molecule has 0 saturated heterocycles. The van der Waals surface area contributed by atoms with Crippen molar-refractivity contribution in [2.45, 2.75) is 26.8 Å². The summed E-state index contributed by atoms with van der Waals surface area (Å²) in [5.74, 6) is -1.00. The second kappa shape index (κ2) is 7.90. The Labute approximate surface area is 168 Å². The van der Waals surface area contributed by atoms with Crippen LogP contribution in [0, 0.1) is 6.92 Å². The average Bonchev–Trinajstić information content (AvgIpc) is 2.69. The summed E-state index contributed by atoms with van der Waals surface area (Å²) in [6.45, 7) is 4.35. The zero-order valence-corrected chi connectivity index (χ0v) is 16.5. The smallest absolute Gasteiger partial charge is 0.252 e. The van der Waals surface area contributed by atoms with Gasteiger partial charge >= 0.3 is 0 Å². The van der Waals surface area contributed by atoms with Crippen LogP contribution in [0.15, 0.2) is 53.5 Å². The molecule has 2 aromatic carbocycles. The molecule has 0 unspecified atom stereocenters. The SMILES string of the molecule is CCn1cc(-c2ccc(Cc3cc(C(N)=O)c(O)c(Cl)c3C)cc2)ccc1=O. The van der Waals surface area contributed by atoms with E-state index in [9.17, 15) is 14.7 Å². The number of aromatic nitrogens is 1. The summed E-state index contributed by atoms with van der Waals surface area (Å²) in [6.07, 6.45) is 2.39. The molecule has 3 rings (SSSR count). The summed E-state index contributed by atoms with van der Waals surface area (Å²) in [4.78, 5) is 23.3. The first kappa shape index (κ1) is 19.7. The van der Waals surface area contributed by atoms with Gasteiger partial charge in [-0.15, -0.1) is 0 Å². The van der Waals surface area contributed by atoms with Gasteiger partial charge in [-0.1, -0.05) is 35.9 Å². The van der Waals surface area contributed by atoms with Gasteiger partial charge in [-0.3, -0.25) is 9.59 Å². The van der Waals surface area contributed by atoms with Crippen molar-refractivity contribution >= 4 is 17.5 Å². The number of amides is 1. The Morgan fingerprint density at radius 2 is 1.79 bits per heavy atom. The van der Waals surface area contributed by atoms with E-state index in [1.165, 1.54) is 0 Å². The Kier molecular flexibility index (Phi) is 5.56. The van der Waals surface area contributed by atoms with Crippen LogP contribution < -0.4 is 11.3 Å². The second-order valence-corrected chi connectivity index (χ2v) is 7.03. The van der Waals surface area contributed by atoms with Crippen LogP contribution in [-0.2, 0) is 13.0 Å². The Hall–Kier alpha value is -3.05. The van der Waals surface area contributed by atoms with Crippen LogP contribution >= 0.6 is 11.6 Å². The van der Waals surface area contributed by atoms with Gasteiger partial charge < -0.3 is 15.4 Å². The van der Waals surface area contributed by atoms with Gasteiger partial charge in [0.25, 0.3) is 11.5 Å². The van der Waals surface area contributed by atoms with E-state index < -0.39 is 5.91 Å². The largest absolute Gasteiger partial charge is 0.506 e. The van der Waals surface area contributed by atoms with E-state index in [0.717, 1.165) is 22.3 Å². The molecule has 0 saturated carbocycles. The summed E-state index contributed by atoms with van der Waals surface area (Å²) in [6, 6.07) is 12.9. The fraction of sp³-hybridized carbons (Fsp3) is 0.182. The number of aromatic hydroxyl groups is 1. The van der Waals surface area contributed by atoms with Crippen molar-refractivity contribution in [2.75, 3.05) is 0 Å². The fourth-order valence-electron chi connectivity index (χ4n) is 3.14. The minimum absolute atomic E-state index is 0.0176. The minimum Gasteiger partial charge on any atom is -0.506 e. The number of primary amides is 1. The van der Waals surface area contributed by atoms with Crippen molar-refractivity contribution in [3.05, 3.63) is 86.3 Å². The van der Waals surface area contributed by atoms with Gasteiger partial charge in [-0.25, -0.2) is 0 Å². The summed E-state index contributed by atoms with van der Waals surface area (Å²) in [7, 11) is 0. The molecule has 3 N–H and O–H groups in total. The summed E-state index contributed by atoms with van der Waals surface area (Å²) < 4.78 is 1.66. The van der Waals surface area contributed by atoms with Crippen molar-refractivity contribution in [1.82, 2.24) is 4.57 Å². The lowest BCUT2D eigenvalue weighted by Crippen LogP contribution is -2.16. The van der Waals surface area contributed by atoms with Crippen molar-refractivity contribution < 1.29 is 9.90 Å². The molecule has 1 aromatic heterocycles. The highest BCUT2D eigenvalue weighted by Gasteiger charge is 2.17. The van der Waals surface area contributed by atoms with Gasteiger partial charge in [0.1, 0.15) is 5.75 Å². The predicted octanol–water partition coefficient (Wildman–Crippen LogP) is 3.89. The molecular weight excluding hydrogens is 376 g/mol. The van der Waals surface area contributed by atoms with Crippen molar-refractivity contribution in [1.29, 1.82) is 0 Å². The van der Waals surface area contributed by atoms with Crippen LogP contribution in [0.1, 0.15) is 34.0 Å². The van der Waals surface area contributed by atoms with Crippen LogP contribution in [0.5, 0.6) is 5.75 Å². The number of aryl methyl sites for hydroxylation is 1. The van der Waals surface area contributed by atoms with E-state index in [4.69, 9.17) is 17.3 Å². The first-order valence-corrected chi connectivity index (χ1v) is 9.30. The normalized spacial score (nSPS) is 10.8. The van der Waals surface area contributed by atoms with E-state index >= 15 is 0 Å². The molecule has 0 aliphatic heterocycles. The third kappa shape index (κ3) is 3.80. The number of pyridine rings is 1. The second-order valence-electron chi connectivity index (χ2n) is 6.65. The summed E-state index contributed by atoms with van der Waals surface area (Å²) >= 11 is 6.16. The van der Waals surface area contributed by atoms with Gasteiger partial charge in [0, 0.05) is 18.8 Å². The van der Waals surface area contributed by atoms with Gasteiger partial charge in [-0.2, -0.15) is 0 Å². The first-order valence-electron chi connectivity index (χ1n) is 8.92. The lowest BCUT2D eigenvalue weighted by atomic mass is 9.96. The zero-order valence-electron chi connectivity index (χ0n) is 15.7. The highest BCUT2D eigenvalue weighted by molar-refractivity contribution is 6.33. The number of rotatable bonds is 5. The molecular formula is C22H21ClN2O3. The number of carbonyl (C=O) groups is 1. The molecule has 0 aliphatic carbocycles. The quantitative estimate of drug-likeness (QED) is 0.686. The molecule has 0 radical (unpaired) electrons. The predicted molar refractivity (Wildman–Crippen MR) is 111 cm³/mol. The van der Waals surface area contributed by atoms with Crippen LogP contribution in [0.4, 0.5) is 0 Å². The number of carbonyl (C=O) groups excluding carboxylic acids is 1. The topological polar surface area (TPSA) is 85.3 Å². The standard InChI is InChI=1S/C22H21ClN2O3/c1-3-25-12-16(8-9-19(25)26)15-6-4-14(5-7-15)10-17-11-18(22(24)28)21(27)20(23)13(17)2/h4-9,11-12,27H,3,10H2,1-2H3,(H2,24,28). The zero-order chi connectivity index (χ0) is 20.4. The van der Waals surface area contributed by atoms with Gasteiger partial charge in [0.05, 0.1) is 10.6 Å². The van der Waals surface area contributed by atoms with Crippen LogP contribution in [0.3, 0.4) is 0 Å². The number of benzene rings is 2. The maximum absolute atomic E-state index is 11.8. The number of hydrogen-bond donors (Lipinski definition) is 2. The van der Waals surface area contributed by atoms with Crippen LogP contribution in [0.2, 0.25) is 5.02 Å². The van der Waals surface area contributed by atoms with E-state index in [2.05, 4.69) is 0 Å². The Morgan fingerprint density at radius 3 is 2.39 bits per heavy atom.